The summed E-state index contributed by atoms with van der Waals surface area (Å²) in [5.41, 5.74) is 1.50. The number of benzene rings is 2. The highest BCUT2D eigenvalue weighted by molar-refractivity contribution is 7.89. The molecule has 2 aromatic carbocycles. The lowest BCUT2D eigenvalue weighted by Crippen LogP contribution is -2.41. The second-order valence-corrected chi connectivity index (χ2v) is 9.07. The maximum atomic E-state index is 13.7. The van der Waals surface area contributed by atoms with Crippen LogP contribution in [-0.4, -0.2) is 45.0 Å². The van der Waals surface area contributed by atoms with Crippen LogP contribution in [0.2, 0.25) is 0 Å². The number of carbonyl (C=O) groups excluding carboxylic acids is 1. The quantitative estimate of drug-likeness (QED) is 0.551. The van der Waals surface area contributed by atoms with Crippen molar-refractivity contribution in [2.24, 2.45) is 0 Å². The first-order valence-corrected chi connectivity index (χ1v) is 11.6. The van der Waals surface area contributed by atoms with E-state index in [-0.39, 0.29) is 24.9 Å². The number of para-hydroxylation sites is 2. The van der Waals surface area contributed by atoms with E-state index >= 15 is 0 Å². The van der Waals surface area contributed by atoms with Crippen molar-refractivity contribution in [3.8, 4) is 0 Å². The van der Waals surface area contributed by atoms with E-state index in [9.17, 15) is 17.6 Å². The maximum absolute atomic E-state index is 13.7. The molecule has 1 atom stereocenters. The smallest absolute Gasteiger partial charge is 0.298 e. The first-order chi connectivity index (χ1) is 14.9. The largest absolute Gasteiger partial charge is 0.423 e. The summed E-state index contributed by atoms with van der Waals surface area (Å²) in [6, 6.07) is 13.2. The van der Waals surface area contributed by atoms with Crippen LogP contribution in [0.3, 0.4) is 0 Å². The SMILES string of the molecule is O=C(CCNS(=O)(=O)c1ccccc1F)NCC1CCCN1c1nc2ccccc2o1. The number of nitrogens with zero attached hydrogens (tertiary/aromatic N) is 2. The third-order valence-corrected chi connectivity index (χ3v) is 6.70. The lowest BCUT2D eigenvalue weighted by atomic mass is 10.2. The topological polar surface area (TPSA) is 105 Å². The van der Waals surface area contributed by atoms with Crippen molar-refractivity contribution in [3.05, 3.63) is 54.3 Å². The van der Waals surface area contributed by atoms with Gasteiger partial charge in [-0.3, -0.25) is 4.79 Å². The summed E-state index contributed by atoms with van der Waals surface area (Å²) in [5.74, 6) is -1.12. The molecule has 10 heteroatoms. The minimum Gasteiger partial charge on any atom is -0.423 e. The average molecular weight is 447 g/mol. The third-order valence-electron chi connectivity index (χ3n) is 5.21. The predicted molar refractivity (Wildman–Crippen MR) is 114 cm³/mol. The van der Waals surface area contributed by atoms with Crippen LogP contribution in [0.15, 0.2) is 57.8 Å². The normalized spacial score (nSPS) is 16.7. The van der Waals surface area contributed by atoms with Gasteiger partial charge in [-0.2, -0.15) is 4.98 Å². The van der Waals surface area contributed by atoms with E-state index in [1.54, 1.807) is 0 Å². The van der Waals surface area contributed by atoms with Crippen molar-refractivity contribution < 1.29 is 22.0 Å². The Balaban J connectivity index is 1.28. The Kier molecular flexibility index (Phi) is 6.19. The van der Waals surface area contributed by atoms with Gasteiger partial charge in [-0.1, -0.05) is 24.3 Å². The Morgan fingerprint density at radius 1 is 1.19 bits per heavy atom. The third kappa shape index (κ3) is 4.86. The molecule has 4 rings (SSSR count). The summed E-state index contributed by atoms with van der Waals surface area (Å²) in [7, 11) is -4.01. The highest BCUT2D eigenvalue weighted by Crippen LogP contribution is 2.28. The number of anilines is 1. The molecule has 3 aromatic rings. The van der Waals surface area contributed by atoms with E-state index in [1.165, 1.54) is 18.2 Å². The Morgan fingerprint density at radius 2 is 1.97 bits per heavy atom. The molecule has 1 unspecified atom stereocenters. The molecule has 1 fully saturated rings. The summed E-state index contributed by atoms with van der Waals surface area (Å²) in [5, 5.41) is 2.84. The molecule has 1 saturated heterocycles. The fourth-order valence-corrected chi connectivity index (χ4v) is 4.75. The summed E-state index contributed by atoms with van der Waals surface area (Å²) < 4.78 is 46.1. The number of hydrogen-bond acceptors (Lipinski definition) is 6. The molecule has 0 radical (unpaired) electrons. The number of aromatic nitrogens is 1. The average Bonchev–Trinajstić information content (AvgIpc) is 3.38. The van der Waals surface area contributed by atoms with Crippen molar-refractivity contribution >= 4 is 33.0 Å². The van der Waals surface area contributed by atoms with Crippen LogP contribution in [0, 0.1) is 5.82 Å². The van der Waals surface area contributed by atoms with Crippen molar-refractivity contribution in [2.75, 3.05) is 24.5 Å². The van der Waals surface area contributed by atoms with Crippen LogP contribution in [0.25, 0.3) is 11.1 Å². The zero-order chi connectivity index (χ0) is 21.8. The Labute approximate surface area is 179 Å². The van der Waals surface area contributed by atoms with Gasteiger partial charge in [0.25, 0.3) is 6.01 Å². The summed E-state index contributed by atoms with van der Waals surface area (Å²) in [6.45, 7) is 1.06. The van der Waals surface area contributed by atoms with Crippen LogP contribution >= 0.6 is 0 Å². The molecule has 0 bridgehead atoms. The van der Waals surface area contributed by atoms with Gasteiger partial charge in [-0.15, -0.1) is 0 Å². The van der Waals surface area contributed by atoms with E-state index in [4.69, 9.17) is 4.42 Å². The summed E-state index contributed by atoms with van der Waals surface area (Å²) >= 11 is 0. The fourth-order valence-electron chi connectivity index (χ4n) is 3.64. The van der Waals surface area contributed by atoms with Crippen LogP contribution in [-0.2, 0) is 14.8 Å². The molecular formula is C21H23FN4O4S. The zero-order valence-corrected chi connectivity index (χ0v) is 17.6. The lowest BCUT2D eigenvalue weighted by Gasteiger charge is -2.23. The zero-order valence-electron chi connectivity index (χ0n) is 16.8. The highest BCUT2D eigenvalue weighted by Gasteiger charge is 2.28. The molecule has 1 aliphatic heterocycles. The number of nitrogens with one attached hydrogen (secondary N) is 2. The molecule has 1 aromatic heterocycles. The number of halogens is 1. The summed E-state index contributed by atoms with van der Waals surface area (Å²) in [6.07, 6.45) is 1.80. The molecule has 1 amide bonds. The number of carbonyl (C=O) groups is 1. The van der Waals surface area contributed by atoms with Crippen LogP contribution in [0.5, 0.6) is 0 Å². The number of fused-ring (bicyclic) bond motifs is 1. The summed E-state index contributed by atoms with van der Waals surface area (Å²) in [4.78, 5) is 18.3. The van der Waals surface area contributed by atoms with E-state index in [0.717, 1.165) is 31.0 Å². The van der Waals surface area contributed by atoms with Crippen molar-refractivity contribution in [2.45, 2.75) is 30.2 Å². The Hall–Kier alpha value is -2.98. The van der Waals surface area contributed by atoms with E-state index in [1.807, 2.05) is 29.2 Å². The van der Waals surface area contributed by atoms with Crippen LogP contribution < -0.4 is 14.9 Å². The molecule has 0 saturated carbocycles. The van der Waals surface area contributed by atoms with Gasteiger partial charge in [0.15, 0.2) is 5.58 Å². The number of hydrogen-bond donors (Lipinski definition) is 2. The van der Waals surface area contributed by atoms with Gasteiger partial charge in [0.1, 0.15) is 16.2 Å². The second kappa shape index (κ2) is 9.03. The Morgan fingerprint density at radius 3 is 2.77 bits per heavy atom. The standard InChI is InChI=1S/C21H23FN4O4S/c22-16-7-1-4-10-19(16)31(28,29)24-12-11-20(27)23-14-15-6-5-13-26(15)21-25-17-8-2-3-9-18(17)30-21/h1-4,7-10,15,24H,5-6,11-14H2,(H,23,27). The van der Waals surface area contributed by atoms with Gasteiger partial charge in [0.05, 0.1) is 6.04 Å². The number of amides is 1. The fraction of sp³-hybridized carbons (Fsp3) is 0.333. The van der Waals surface area contributed by atoms with Gasteiger partial charge >= 0.3 is 0 Å². The van der Waals surface area contributed by atoms with Crippen molar-refractivity contribution in [1.29, 1.82) is 0 Å². The molecule has 31 heavy (non-hydrogen) atoms. The first-order valence-electron chi connectivity index (χ1n) is 10.1. The maximum Gasteiger partial charge on any atom is 0.298 e. The minimum atomic E-state index is -4.01. The number of sulfonamides is 1. The van der Waals surface area contributed by atoms with E-state index in [2.05, 4.69) is 15.0 Å². The van der Waals surface area contributed by atoms with Crippen molar-refractivity contribution in [1.82, 2.24) is 15.0 Å². The molecule has 0 spiro atoms. The van der Waals surface area contributed by atoms with Crippen molar-refractivity contribution in [3.63, 3.8) is 0 Å². The predicted octanol–water partition coefficient (Wildman–Crippen LogP) is 2.42. The molecule has 1 aliphatic rings. The number of oxazole rings is 1. The molecule has 8 nitrogen and oxygen atoms in total. The lowest BCUT2D eigenvalue weighted by molar-refractivity contribution is -0.120. The molecular weight excluding hydrogens is 423 g/mol. The number of rotatable bonds is 8. The van der Waals surface area contributed by atoms with Gasteiger partial charge in [-0.05, 0) is 37.1 Å². The second-order valence-electron chi connectivity index (χ2n) is 7.34. The monoisotopic (exact) mass is 446 g/mol. The van der Waals surface area contributed by atoms with Gasteiger partial charge in [-0.25, -0.2) is 17.5 Å². The molecule has 2 N–H and O–H groups in total. The van der Waals surface area contributed by atoms with E-state index in [0.29, 0.717) is 18.1 Å². The van der Waals surface area contributed by atoms with Gasteiger partial charge < -0.3 is 14.6 Å². The highest BCUT2D eigenvalue weighted by atomic mass is 32.2. The molecule has 2 heterocycles. The molecule has 164 valence electrons. The first kappa shape index (κ1) is 21.3. The van der Waals surface area contributed by atoms with Gasteiger partial charge in [0, 0.05) is 26.1 Å². The van der Waals surface area contributed by atoms with Crippen LogP contribution in [0.1, 0.15) is 19.3 Å². The van der Waals surface area contributed by atoms with Crippen LogP contribution in [0.4, 0.5) is 10.4 Å². The van der Waals surface area contributed by atoms with E-state index < -0.39 is 20.7 Å². The minimum absolute atomic E-state index is 0.0483. The Bertz CT molecular complexity index is 1150. The molecule has 0 aliphatic carbocycles. The van der Waals surface area contributed by atoms with Gasteiger partial charge in [0.2, 0.25) is 15.9 Å².